The minimum Gasteiger partial charge on any atom is -0.463 e. The quantitative estimate of drug-likeness (QED) is 0.0348. The standard InChI is InChI=1S/C37H62N4O19S2/c1-3-10-59-35(47)38-5-12-49-16-18-51-20-22-57-33(45)28-53-26-31(43)55-14-7-40(25-30(42)41-9-24-62-37(41)61)8-15-56-32(44)27-54-29-34(46)58-23-21-52-19-17-50-13-6-39-36(48)60-11-4-2/h3-29H2,1-2H3,(H,38,47)(H,39,48). The van der Waals surface area contributed by atoms with Crippen LogP contribution in [-0.2, 0) is 80.8 Å². The van der Waals surface area contributed by atoms with Crippen LogP contribution in [0.25, 0.3) is 0 Å². The highest BCUT2D eigenvalue weighted by Gasteiger charge is 2.26. The molecule has 23 nitrogen and oxygen atoms in total. The van der Waals surface area contributed by atoms with E-state index in [1.807, 2.05) is 13.8 Å². The van der Waals surface area contributed by atoms with Gasteiger partial charge in [-0.3, -0.25) is 14.6 Å². The van der Waals surface area contributed by atoms with Crippen LogP contribution in [0, 0.1) is 0 Å². The monoisotopic (exact) mass is 930 g/mol. The molecule has 1 rings (SSSR count). The fraction of sp³-hybridized carbons (Fsp3) is 0.784. The summed E-state index contributed by atoms with van der Waals surface area (Å²) in [5.74, 6) is -2.54. The van der Waals surface area contributed by atoms with Crippen molar-refractivity contribution in [2.75, 3.05) is 164 Å². The molecule has 1 heterocycles. The van der Waals surface area contributed by atoms with Crippen LogP contribution in [-0.4, -0.2) is 220 Å². The van der Waals surface area contributed by atoms with Crippen LogP contribution in [0.3, 0.4) is 0 Å². The van der Waals surface area contributed by atoms with Crippen molar-refractivity contribution in [3.8, 4) is 0 Å². The van der Waals surface area contributed by atoms with Crippen molar-refractivity contribution in [3.63, 3.8) is 0 Å². The van der Waals surface area contributed by atoms with E-state index in [2.05, 4.69) is 10.6 Å². The molecular formula is C37H62N4O19S2. The topological polar surface area (TPSA) is 261 Å². The molecule has 1 aliphatic heterocycles. The van der Waals surface area contributed by atoms with Gasteiger partial charge < -0.3 is 67.5 Å². The number of carbonyl (C=O) groups is 7. The molecule has 0 aliphatic carbocycles. The first kappa shape index (κ1) is 56.1. The maximum absolute atomic E-state index is 12.9. The fourth-order valence-electron chi connectivity index (χ4n) is 4.36. The van der Waals surface area contributed by atoms with E-state index in [1.54, 1.807) is 4.90 Å². The molecule has 0 spiro atoms. The first-order chi connectivity index (χ1) is 30.0. The highest BCUT2D eigenvalue weighted by molar-refractivity contribution is 8.23. The van der Waals surface area contributed by atoms with Crippen LogP contribution in [0.1, 0.15) is 26.7 Å². The first-order valence-corrected chi connectivity index (χ1v) is 21.5. The Bertz CT molecular complexity index is 1240. The lowest BCUT2D eigenvalue weighted by Crippen LogP contribution is -2.43. The highest BCUT2D eigenvalue weighted by Crippen LogP contribution is 2.18. The molecule has 25 heteroatoms. The third-order valence-electron chi connectivity index (χ3n) is 7.27. The van der Waals surface area contributed by atoms with E-state index < -0.39 is 62.5 Å². The molecule has 0 bridgehead atoms. The Kier molecular flexibility index (Phi) is 35.0. The van der Waals surface area contributed by atoms with Crippen LogP contribution in [0.15, 0.2) is 0 Å². The summed E-state index contributed by atoms with van der Waals surface area (Å²) in [4.78, 5) is 86.8. The van der Waals surface area contributed by atoms with E-state index in [9.17, 15) is 33.6 Å². The number of hydrogen-bond acceptors (Lipinski definition) is 22. The van der Waals surface area contributed by atoms with Crippen LogP contribution in [0.2, 0.25) is 0 Å². The third kappa shape index (κ3) is 32.7. The molecule has 1 fully saturated rings. The van der Waals surface area contributed by atoms with E-state index in [1.165, 1.54) is 16.7 Å². The summed E-state index contributed by atoms with van der Waals surface area (Å²) in [5, 5.41) is 5.09. The number of carbonyl (C=O) groups excluding carboxylic acids is 7. The van der Waals surface area contributed by atoms with Gasteiger partial charge in [-0.25, -0.2) is 28.8 Å². The number of esters is 4. The molecule has 0 atom stereocenters. The van der Waals surface area contributed by atoms with Gasteiger partial charge in [0, 0.05) is 38.5 Å². The van der Waals surface area contributed by atoms with E-state index in [0.29, 0.717) is 42.9 Å². The Hall–Kier alpha value is -3.95. The fourth-order valence-corrected chi connectivity index (χ4v) is 5.60. The number of thiocarbonyl (C=S) groups is 1. The molecule has 3 amide bonds. The Morgan fingerprint density at radius 1 is 0.532 bits per heavy atom. The molecule has 0 aromatic rings. The molecule has 62 heavy (non-hydrogen) atoms. The molecule has 356 valence electrons. The van der Waals surface area contributed by atoms with Gasteiger partial charge in [-0.2, -0.15) is 0 Å². The summed E-state index contributed by atoms with van der Waals surface area (Å²) >= 11 is 6.63. The second-order valence-corrected chi connectivity index (χ2v) is 14.1. The van der Waals surface area contributed by atoms with Crippen molar-refractivity contribution in [1.82, 2.24) is 20.4 Å². The van der Waals surface area contributed by atoms with Crippen molar-refractivity contribution in [1.29, 1.82) is 0 Å². The predicted molar refractivity (Wildman–Crippen MR) is 221 cm³/mol. The Labute approximate surface area is 370 Å². The smallest absolute Gasteiger partial charge is 0.407 e. The van der Waals surface area contributed by atoms with Crippen molar-refractivity contribution in [2.45, 2.75) is 26.7 Å². The summed E-state index contributed by atoms with van der Waals surface area (Å²) in [6, 6.07) is 0. The van der Waals surface area contributed by atoms with E-state index in [4.69, 9.17) is 69.1 Å². The zero-order valence-electron chi connectivity index (χ0n) is 35.6. The van der Waals surface area contributed by atoms with Gasteiger partial charge in [0.15, 0.2) is 0 Å². The minimum absolute atomic E-state index is 0.0403. The van der Waals surface area contributed by atoms with Crippen LogP contribution >= 0.6 is 24.0 Å². The zero-order valence-corrected chi connectivity index (χ0v) is 37.2. The summed E-state index contributed by atoms with van der Waals surface area (Å²) in [7, 11) is 0. The number of nitrogens with zero attached hydrogens (tertiary/aromatic N) is 2. The molecule has 0 unspecified atom stereocenters. The number of rotatable bonds is 38. The van der Waals surface area contributed by atoms with Gasteiger partial charge in [0.2, 0.25) is 5.91 Å². The van der Waals surface area contributed by atoms with Crippen LogP contribution < -0.4 is 10.6 Å². The second-order valence-electron chi connectivity index (χ2n) is 12.4. The Morgan fingerprint density at radius 3 is 1.31 bits per heavy atom. The molecule has 2 N–H and O–H groups in total. The van der Waals surface area contributed by atoms with E-state index in [0.717, 1.165) is 12.8 Å². The predicted octanol–water partition coefficient (Wildman–Crippen LogP) is -0.306. The number of thioether (sulfide) groups is 1. The molecular weight excluding hydrogens is 869 g/mol. The lowest BCUT2D eigenvalue weighted by Gasteiger charge is -2.24. The molecule has 1 aliphatic rings. The molecule has 1 saturated heterocycles. The van der Waals surface area contributed by atoms with Crippen LogP contribution in [0.4, 0.5) is 9.59 Å². The van der Waals surface area contributed by atoms with Gasteiger partial charge in [0.05, 0.1) is 72.6 Å². The molecule has 0 radical (unpaired) electrons. The largest absolute Gasteiger partial charge is 0.463 e. The van der Waals surface area contributed by atoms with Crippen LogP contribution in [0.5, 0.6) is 0 Å². The van der Waals surface area contributed by atoms with Gasteiger partial charge in [-0.1, -0.05) is 37.8 Å². The Morgan fingerprint density at radius 2 is 0.919 bits per heavy atom. The zero-order chi connectivity index (χ0) is 45.5. The highest BCUT2D eigenvalue weighted by atomic mass is 32.2. The van der Waals surface area contributed by atoms with Gasteiger partial charge in [-0.15, -0.1) is 0 Å². The number of alkyl carbamates (subject to hydrolysis) is 2. The number of nitrogens with one attached hydrogen (secondary N) is 2. The van der Waals surface area contributed by atoms with Gasteiger partial charge in [0.25, 0.3) is 0 Å². The lowest BCUT2D eigenvalue weighted by molar-refractivity contribution is -0.157. The van der Waals surface area contributed by atoms with Crippen molar-refractivity contribution < 1.29 is 90.4 Å². The van der Waals surface area contributed by atoms with Gasteiger partial charge >= 0.3 is 36.1 Å². The lowest BCUT2D eigenvalue weighted by atomic mass is 10.4. The van der Waals surface area contributed by atoms with Gasteiger partial charge in [-0.05, 0) is 12.8 Å². The third-order valence-corrected chi connectivity index (χ3v) is 8.70. The molecule has 0 saturated carbocycles. The number of amides is 3. The van der Waals surface area contributed by atoms with E-state index in [-0.39, 0.29) is 105 Å². The Balaban J connectivity index is 2.19. The average molecular weight is 931 g/mol. The molecule has 0 aromatic heterocycles. The maximum atomic E-state index is 12.9. The van der Waals surface area contributed by atoms with E-state index >= 15 is 0 Å². The normalized spacial score (nSPS) is 12.2. The van der Waals surface area contributed by atoms with Gasteiger partial charge in [0.1, 0.15) is 57.2 Å². The summed E-state index contributed by atoms with van der Waals surface area (Å²) < 4.78 is 61.9. The van der Waals surface area contributed by atoms with Crippen molar-refractivity contribution >= 4 is 70.3 Å². The summed E-state index contributed by atoms with van der Waals surface area (Å²) in [6.45, 7) is 5.03. The van der Waals surface area contributed by atoms with Crippen molar-refractivity contribution in [2.24, 2.45) is 0 Å². The minimum atomic E-state index is -0.758. The SMILES string of the molecule is CCCOC(=O)NCCOCCOCCOC(=O)COCC(=O)OCCN(CCOC(=O)COCC(=O)OCCOCCOCCNC(=O)OCCC)CC(=O)N1CCSC1=S. The number of hydrogen-bond donors (Lipinski definition) is 2. The first-order valence-electron chi connectivity index (χ1n) is 20.1. The number of ether oxygens (including phenoxy) is 12. The summed E-state index contributed by atoms with van der Waals surface area (Å²) in [5.41, 5.74) is 0. The summed E-state index contributed by atoms with van der Waals surface area (Å²) in [6.07, 6.45) is 0.467. The average Bonchev–Trinajstić information content (AvgIpc) is 3.69. The molecule has 0 aromatic carbocycles. The van der Waals surface area contributed by atoms with Crippen molar-refractivity contribution in [3.05, 3.63) is 0 Å². The maximum Gasteiger partial charge on any atom is 0.407 e. The second kappa shape index (κ2) is 38.7.